The zero-order chi connectivity index (χ0) is 7.85. The summed E-state index contributed by atoms with van der Waals surface area (Å²) in [5.74, 6) is 3.30. The lowest BCUT2D eigenvalue weighted by molar-refractivity contribution is 0.209. The van der Waals surface area contributed by atoms with Crippen molar-refractivity contribution in [2.45, 2.75) is 26.7 Å². The minimum absolute atomic E-state index is 0.655. The summed E-state index contributed by atoms with van der Waals surface area (Å²) in [5, 5.41) is 1.23. The molecular weight excluding hydrogens is 200 g/mol. The van der Waals surface area contributed by atoms with Gasteiger partial charge in [0.25, 0.3) is 0 Å². The van der Waals surface area contributed by atoms with E-state index in [4.69, 9.17) is 0 Å². The first-order chi connectivity index (χ1) is 5.14. The molecule has 4 bridgehead atoms. The molecule has 62 valence electrons. The van der Waals surface area contributed by atoms with Crippen molar-refractivity contribution in [1.82, 2.24) is 0 Å². The number of alkyl halides is 1. The minimum Gasteiger partial charge on any atom is -0.0922 e. The van der Waals surface area contributed by atoms with E-state index in [2.05, 4.69) is 29.8 Å². The topological polar surface area (TPSA) is 0 Å². The van der Waals surface area contributed by atoms with Crippen LogP contribution in [0.4, 0.5) is 0 Å². The van der Waals surface area contributed by atoms with Crippen molar-refractivity contribution in [3.05, 3.63) is 0 Å². The Hall–Kier alpha value is 0.480. The van der Waals surface area contributed by atoms with E-state index in [0.717, 1.165) is 23.2 Å². The normalized spacial score (nSPS) is 70.6. The van der Waals surface area contributed by atoms with Gasteiger partial charge in [0.05, 0.1) is 0 Å². The first-order valence-electron chi connectivity index (χ1n) is 4.70. The largest absolute Gasteiger partial charge is 0.0922 e. The van der Waals surface area contributed by atoms with Crippen molar-refractivity contribution >= 4 is 15.9 Å². The molecule has 1 heteroatoms. The predicted molar refractivity (Wildman–Crippen MR) is 49.7 cm³/mol. The highest BCUT2D eigenvalue weighted by Gasteiger charge is 2.80. The Kier molecular flexibility index (Phi) is 0.991. The van der Waals surface area contributed by atoms with Gasteiger partial charge in [0.2, 0.25) is 0 Å². The van der Waals surface area contributed by atoms with Crippen molar-refractivity contribution in [3.63, 3.8) is 0 Å². The molecule has 0 heterocycles. The molecule has 0 aromatic carbocycles. The van der Waals surface area contributed by atoms with E-state index < -0.39 is 0 Å². The number of rotatable bonds is 1. The van der Waals surface area contributed by atoms with E-state index in [9.17, 15) is 0 Å². The summed E-state index contributed by atoms with van der Waals surface area (Å²) in [6.45, 7) is 5.02. The summed E-state index contributed by atoms with van der Waals surface area (Å²) < 4.78 is 0. The molecule has 4 saturated carbocycles. The van der Waals surface area contributed by atoms with Gasteiger partial charge in [0.1, 0.15) is 0 Å². The first-order valence-corrected chi connectivity index (χ1v) is 5.82. The number of hydrogen-bond donors (Lipinski definition) is 0. The highest BCUT2D eigenvalue weighted by atomic mass is 79.9. The molecule has 0 aromatic heterocycles. The smallest absolute Gasteiger partial charge is 0.00934 e. The van der Waals surface area contributed by atoms with Crippen LogP contribution >= 0.6 is 15.9 Å². The van der Waals surface area contributed by atoms with Gasteiger partial charge in [-0.1, -0.05) is 29.8 Å². The quantitative estimate of drug-likeness (QED) is 0.589. The van der Waals surface area contributed by atoms with Crippen LogP contribution in [0.1, 0.15) is 26.7 Å². The molecular formula is C10H15Br. The van der Waals surface area contributed by atoms with Crippen molar-refractivity contribution in [3.8, 4) is 0 Å². The lowest BCUT2D eigenvalue weighted by Crippen LogP contribution is -2.28. The van der Waals surface area contributed by atoms with Crippen LogP contribution in [0, 0.1) is 28.6 Å². The van der Waals surface area contributed by atoms with Crippen molar-refractivity contribution in [2.24, 2.45) is 28.6 Å². The van der Waals surface area contributed by atoms with E-state index >= 15 is 0 Å². The number of hydrogen-bond acceptors (Lipinski definition) is 0. The zero-order valence-electron chi connectivity index (χ0n) is 7.23. The SMILES string of the molecule is CC12[C@@H]3CC(C[C@@H]31)[C@@]2(C)CBr. The summed E-state index contributed by atoms with van der Waals surface area (Å²) in [4.78, 5) is 0. The van der Waals surface area contributed by atoms with Crippen molar-refractivity contribution < 1.29 is 0 Å². The summed E-state index contributed by atoms with van der Waals surface area (Å²) in [6, 6.07) is 0. The van der Waals surface area contributed by atoms with Crippen molar-refractivity contribution in [2.75, 3.05) is 5.33 Å². The Labute approximate surface area is 76.9 Å². The Bertz CT molecular complexity index is 211. The molecule has 2 unspecified atom stereocenters. The van der Waals surface area contributed by atoms with E-state index in [-0.39, 0.29) is 0 Å². The molecule has 11 heavy (non-hydrogen) atoms. The van der Waals surface area contributed by atoms with E-state index in [1.54, 1.807) is 12.8 Å². The van der Waals surface area contributed by atoms with Gasteiger partial charge in [0, 0.05) is 5.33 Å². The van der Waals surface area contributed by atoms with Gasteiger partial charge in [-0.05, 0) is 41.4 Å². The second-order valence-corrected chi connectivity index (χ2v) is 5.78. The average molecular weight is 215 g/mol. The fourth-order valence-electron chi connectivity index (χ4n) is 4.29. The average Bonchev–Trinajstić information content (AvgIpc) is 2.42. The number of halogens is 1. The third-order valence-corrected chi connectivity index (χ3v) is 6.57. The third kappa shape index (κ3) is 0.460. The maximum atomic E-state index is 3.70. The summed E-state index contributed by atoms with van der Waals surface area (Å²) >= 11 is 3.70. The minimum atomic E-state index is 0.655. The van der Waals surface area contributed by atoms with E-state index in [0.29, 0.717) is 5.41 Å². The first kappa shape index (κ1) is 6.94. The van der Waals surface area contributed by atoms with Gasteiger partial charge in [0.15, 0.2) is 0 Å². The third-order valence-electron chi connectivity index (χ3n) is 5.40. The van der Waals surface area contributed by atoms with Crippen LogP contribution in [0.2, 0.25) is 0 Å². The predicted octanol–water partition coefficient (Wildman–Crippen LogP) is 3.06. The van der Waals surface area contributed by atoms with Crippen LogP contribution in [-0.2, 0) is 0 Å². The summed E-state index contributed by atoms with van der Waals surface area (Å²) in [6.07, 6.45) is 3.09. The standard InChI is InChI=1S/C10H15Br/c1-9(5-11)6-3-7-8(4-6)10(7,9)2/h6-8H,3-5H2,1-2H3/t6?,7-,8+,9-,10?/m1/s1. The molecule has 4 rings (SSSR count). The van der Waals surface area contributed by atoms with Crippen molar-refractivity contribution in [1.29, 1.82) is 0 Å². The van der Waals surface area contributed by atoms with Gasteiger partial charge in [-0.15, -0.1) is 0 Å². The Morgan fingerprint density at radius 1 is 1.27 bits per heavy atom. The van der Waals surface area contributed by atoms with Gasteiger partial charge in [-0.25, -0.2) is 0 Å². The molecule has 0 nitrogen and oxygen atoms in total. The Balaban J connectivity index is 2.10. The lowest BCUT2D eigenvalue weighted by Gasteiger charge is -2.31. The molecule has 0 radical (unpaired) electrons. The van der Waals surface area contributed by atoms with E-state index in [1.807, 2.05) is 0 Å². The molecule has 4 aliphatic rings. The highest BCUT2D eigenvalue weighted by molar-refractivity contribution is 9.09. The summed E-state index contributed by atoms with van der Waals surface area (Å²) in [7, 11) is 0. The second kappa shape index (κ2) is 1.57. The fraction of sp³-hybridized carbons (Fsp3) is 1.00. The Morgan fingerprint density at radius 3 is 2.00 bits per heavy atom. The molecule has 0 spiro atoms. The van der Waals surface area contributed by atoms with Gasteiger partial charge >= 0.3 is 0 Å². The van der Waals surface area contributed by atoms with Crippen LogP contribution in [0.25, 0.3) is 0 Å². The maximum absolute atomic E-state index is 3.70. The monoisotopic (exact) mass is 214 g/mol. The molecule has 4 fully saturated rings. The van der Waals surface area contributed by atoms with Crippen LogP contribution in [0.15, 0.2) is 0 Å². The lowest BCUT2D eigenvalue weighted by atomic mass is 9.76. The highest BCUT2D eigenvalue weighted by Crippen LogP contribution is 2.86. The zero-order valence-corrected chi connectivity index (χ0v) is 8.82. The molecule has 0 aliphatic heterocycles. The maximum Gasteiger partial charge on any atom is 0.00934 e. The Morgan fingerprint density at radius 2 is 1.82 bits per heavy atom. The molecule has 4 aliphatic carbocycles. The van der Waals surface area contributed by atoms with Crippen LogP contribution in [0.3, 0.4) is 0 Å². The molecule has 0 amide bonds. The fourth-order valence-corrected chi connectivity index (χ4v) is 5.35. The molecule has 0 saturated heterocycles. The van der Waals surface area contributed by atoms with Crippen LogP contribution < -0.4 is 0 Å². The second-order valence-electron chi connectivity index (χ2n) is 5.22. The van der Waals surface area contributed by atoms with Gasteiger partial charge in [-0.3, -0.25) is 0 Å². The van der Waals surface area contributed by atoms with Gasteiger partial charge in [-0.2, -0.15) is 0 Å². The van der Waals surface area contributed by atoms with E-state index in [1.165, 1.54) is 5.33 Å². The molecule has 5 atom stereocenters. The van der Waals surface area contributed by atoms with Gasteiger partial charge < -0.3 is 0 Å². The van der Waals surface area contributed by atoms with Crippen LogP contribution in [-0.4, -0.2) is 5.33 Å². The molecule has 0 N–H and O–H groups in total. The van der Waals surface area contributed by atoms with Crippen LogP contribution in [0.5, 0.6) is 0 Å². The summed E-state index contributed by atoms with van der Waals surface area (Å²) in [5.41, 5.74) is 1.41. The molecule has 0 aromatic rings.